The second-order valence-electron chi connectivity index (χ2n) is 4.80. The predicted octanol–water partition coefficient (Wildman–Crippen LogP) is 2.77. The van der Waals surface area contributed by atoms with E-state index in [1.165, 1.54) is 5.52 Å². The van der Waals surface area contributed by atoms with E-state index in [1.807, 2.05) is 30.3 Å². The van der Waals surface area contributed by atoms with Crippen molar-refractivity contribution in [1.82, 2.24) is 9.55 Å². The lowest BCUT2D eigenvalue weighted by molar-refractivity contribution is 0.825. The van der Waals surface area contributed by atoms with Crippen LogP contribution in [0.5, 0.6) is 0 Å². The van der Waals surface area contributed by atoms with Crippen LogP contribution < -0.4 is 10.6 Å². The molecular formula is C15H14N4. The number of nitrogen functional groups attached to an aromatic ring is 1. The molecule has 4 heteroatoms. The number of nitrogens with zero attached hydrogens (tertiary/aromatic N) is 3. The second-order valence-corrected chi connectivity index (χ2v) is 4.80. The van der Waals surface area contributed by atoms with Gasteiger partial charge in [-0.15, -0.1) is 0 Å². The fourth-order valence-electron chi connectivity index (χ4n) is 2.69. The molecule has 4 nitrogen and oxygen atoms in total. The molecule has 2 heterocycles. The van der Waals surface area contributed by atoms with E-state index in [4.69, 9.17) is 10.7 Å². The number of nitrogens with two attached hydrogens (primary N) is 1. The number of fused-ring (bicyclic) bond motifs is 3. The van der Waals surface area contributed by atoms with E-state index in [2.05, 4.69) is 27.7 Å². The molecule has 3 aromatic rings. The summed E-state index contributed by atoms with van der Waals surface area (Å²) >= 11 is 0. The summed E-state index contributed by atoms with van der Waals surface area (Å²) in [6.45, 7) is 1.93. The molecule has 0 saturated carbocycles. The van der Waals surface area contributed by atoms with E-state index in [0.29, 0.717) is 0 Å². The van der Waals surface area contributed by atoms with Crippen LogP contribution in [0.2, 0.25) is 0 Å². The Morgan fingerprint density at radius 2 is 1.74 bits per heavy atom. The largest absolute Gasteiger partial charge is 0.399 e. The number of benzene rings is 2. The molecule has 0 radical (unpaired) electrons. The van der Waals surface area contributed by atoms with Crippen LogP contribution in [0.3, 0.4) is 0 Å². The molecule has 4 rings (SSSR count). The number of aromatic nitrogens is 2. The summed E-state index contributed by atoms with van der Waals surface area (Å²) in [4.78, 5) is 6.97. The minimum atomic E-state index is 0.788. The second kappa shape index (κ2) is 3.75. The summed E-state index contributed by atoms with van der Waals surface area (Å²) < 4.78 is 2.27. The van der Waals surface area contributed by atoms with E-state index in [1.54, 1.807) is 0 Å². The lowest BCUT2D eigenvalue weighted by Crippen LogP contribution is -2.13. The molecule has 0 fully saturated rings. The molecule has 0 atom stereocenters. The van der Waals surface area contributed by atoms with Crippen molar-refractivity contribution in [3.63, 3.8) is 0 Å². The number of hydrogen-bond acceptors (Lipinski definition) is 3. The predicted molar refractivity (Wildman–Crippen MR) is 77.6 cm³/mol. The van der Waals surface area contributed by atoms with Crippen LogP contribution in [0.25, 0.3) is 11.0 Å². The van der Waals surface area contributed by atoms with Crippen molar-refractivity contribution in [2.24, 2.45) is 0 Å². The molecule has 0 unspecified atom stereocenters. The zero-order chi connectivity index (χ0) is 12.8. The summed E-state index contributed by atoms with van der Waals surface area (Å²) in [6.07, 6.45) is 0. The van der Waals surface area contributed by atoms with Crippen LogP contribution in [-0.2, 0) is 6.54 Å². The Hall–Kier alpha value is -2.49. The van der Waals surface area contributed by atoms with Crippen molar-refractivity contribution in [2.75, 3.05) is 17.2 Å². The Morgan fingerprint density at radius 1 is 0.947 bits per heavy atom. The standard InChI is InChI=1S/C15H14N4/c16-11-5-7-12(8-6-11)18-9-10-19-14-4-2-1-3-13(14)17-15(18)19/h1-8H,9-10,16H2. The number of hydrogen-bond donors (Lipinski definition) is 1. The molecule has 1 aliphatic heterocycles. The van der Waals surface area contributed by atoms with Crippen LogP contribution >= 0.6 is 0 Å². The zero-order valence-electron chi connectivity index (χ0n) is 10.5. The fraction of sp³-hybridized carbons (Fsp3) is 0.133. The van der Waals surface area contributed by atoms with Crippen LogP contribution in [0.4, 0.5) is 17.3 Å². The van der Waals surface area contributed by atoms with Gasteiger partial charge < -0.3 is 15.2 Å². The third-order valence-electron chi connectivity index (χ3n) is 3.63. The molecule has 0 spiro atoms. The highest BCUT2D eigenvalue weighted by Gasteiger charge is 2.24. The number of rotatable bonds is 1. The van der Waals surface area contributed by atoms with Gasteiger partial charge in [0.2, 0.25) is 5.95 Å². The van der Waals surface area contributed by atoms with Gasteiger partial charge in [-0.05, 0) is 36.4 Å². The maximum Gasteiger partial charge on any atom is 0.211 e. The highest BCUT2D eigenvalue weighted by atomic mass is 15.4. The molecule has 0 saturated heterocycles. The fourth-order valence-corrected chi connectivity index (χ4v) is 2.69. The highest BCUT2D eigenvalue weighted by molar-refractivity contribution is 5.81. The van der Waals surface area contributed by atoms with E-state index in [0.717, 1.165) is 35.9 Å². The molecule has 1 aliphatic rings. The molecule has 2 N–H and O–H groups in total. The van der Waals surface area contributed by atoms with Gasteiger partial charge in [0.05, 0.1) is 11.0 Å². The first-order valence-electron chi connectivity index (χ1n) is 6.41. The SMILES string of the molecule is Nc1ccc(N2CCn3c2nc2ccccc23)cc1. The van der Waals surface area contributed by atoms with Gasteiger partial charge in [-0.1, -0.05) is 12.1 Å². The van der Waals surface area contributed by atoms with Gasteiger partial charge in [-0.3, -0.25) is 0 Å². The average molecular weight is 250 g/mol. The van der Waals surface area contributed by atoms with Crippen LogP contribution in [-0.4, -0.2) is 16.1 Å². The molecule has 19 heavy (non-hydrogen) atoms. The first-order chi connectivity index (χ1) is 9.33. The van der Waals surface area contributed by atoms with Crippen LogP contribution in [0, 0.1) is 0 Å². The van der Waals surface area contributed by atoms with Crippen molar-refractivity contribution < 1.29 is 0 Å². The maximum atomic E-state index is 5.74. The zero-order valence-corrected chi connectivity index (χ0v) is 10.5. The Morgan fingerprint density at radius 3 is 2.58 bits per heavy atom. The lowest BCUT2D eigenvalue weighted by atomic mass is 10.2. The van der Waals surface area contributed by atoms with Crippen molar-refractivity contribution in [3.05, 3.63) is 48.5 Å². The minimum Gasteiger partial charge on any atom is -0.399 e. The first-order valence-corrected chi connectivity index (χ1v) is 6.41. The summed E-state index contributed by atoms with van der Waals surface area (Å²) in [5.41, 5.74) is 9.93. The summed E-state index contributed by atoms with van der Waals surface area (Å²) in [7, 11) is 0. The Kier molecular flexibility index (Phi) is 2.06. The molecule has 0 amide bonds. The lowest BCUT2D eigenvalue weighted by Gasteiger charge is -2.15. The van der Waals surface area contributed by atoms with Gasteiger partial charge in [-0.2, -0.15) is 0 Å². The third-order valence-corrected chi connectivity index (χ3v) is 3.63. The quantitative estimate of drug-likeness (QED) is 0.675. The van der Waals surface area contributed by atoms with E-state index in [-0.39, 0.29) is 0 Å². The number of imidazole rings is 1. The van der Waals surface area contributed by atoms with Crippen molar-refractivity contribution in [2.45, 2.75) is 6.54 Å². The Balaban J connectivity index is 1.85. The Bertz CT molecular complexity index is 742. The number of para-hydroxylation sites is 2. The summed E-state index contributed by atoms with van der Waals surface area (Å²) in [5, 5.41) is 0. The first kappa shape index (κ1) is 10.4. The molecule has 94 valence electrons. The smallest absolute Gasteiger partial charge is 0.211 e. The van der Waals surface area contributed by atoms with E-state index in [9.17, 15) is 0 Å². The summed E-state index contributed by atoms with van der Waals surface area (Å²) in [5.74, 6) is 1.02. The monoisotopic (exact) mass is 250 g/mol. The molecular weight excluding hydrogens is 236 g/mol. The molecule has 1 aromatic heterocycles. The Labute approximate surface area is 111 Å². The molecule has 2 aromatic carbocycles. The average Bonchev–Trinajstić information content (AvgIpc) is 2.98. The highest BCUT2D eigenvalue weighted by Crippen LogP contribution is 2.32. The summed E-state index contributed by atoms with van der Waals surface area (Å²) in [6, 6.07) is 16.2. The van der Waals surface area contributed by atoms with Crippen molar-refractivity contribution >= 4 is 28.4 Å². The van der Waals surface area contributed by atoms with Gasteiger partial charge in [0, 0.05) is 24.5 Å². The minimum absolute atomic E-state index is 0.788. The van der Waals surface area contributed by atoms with Gasteiger partial charge in [0.25, 0.3) is 0 Å². The van der Waals surface area contributed by atoms with E-state index >= 15 is 0 Å². The van der Waals surface area contributed by atoms with Gasteiger partial charge in [-0.25, -0.2) is 4.98 Å². The van der Waals surface area contributed by atoms with Crippen LogP contribution in [0.15, 0.2) is 48.5 Å². The van der Waals surface area contributed by atoms with Crippen molar-refractivity contribution in [1.29, 1.82) is 0 Å². The van der Waals surface area contributed by atoms with E-state index < -0.39 is 0 Å². The van der Waals surface area contributed by atoms with Gasteiger partial charge in [0.1, 0.15) is 0 Å². The van der Waals surface area contributed by atoms with Gasteiger partial charge in [0.15, 0.2) is 0 Å². The van der Waals surface area contributed by atoms with Gasteiger partial charge >= 0.3 is 0 Å². The molecule has 0 bridgehead atoms. The topological polar surface area (TPSA) is 47.1 Å². The normalized spacial score (nSPS) is 14.0. The van der Waals surface area contributed by atoms with Crippen molar-refractivity contribution in [3.8, 4) is 0 Å². The van der Waals surface area contributed by atoms with Crippen LogP contribution in [0.1, 0.15) is 0 Å². The maximum absolute atomic E-state index is 5.74. The third kappa shape index (κ3) is 1.50. The number of anilines is 3. The molecule has 0 aliphatic carbocycles.